The van der Waals surface area contributed by atoms with E-state index in [9.17, 15) is 0 Å². The first-order valence-corrected chi connectivity index (χ1v) is 4.71. The Bertz CT molecular complexity index is 277. The quantitative estimate of drug-likeness (QED) is 0.782. The lowest BCUT2D eigenvalue weighted by atomic mass is 10.2. The van der Waals surface area contributed by atoms with Crippen LogP contribution in [0.25, 0.3) is 6.08 Å². The van der Waals surface area contributed by atoms with Gasteiger partial charge < -0.3 is 5.32 Å². The van der Waals surface area contributed by atoms with Crippen LogP contribution in [0.1, 0.15) is 12.5 Å². The van der Waals surface area contributed by atoms with Crippen LogP contribution < -0.4 is 5.32 Å². The van der Waals surface area contributed by atoms with Crippen molar-refractivity contribution in [3.63, 3.8) is 0 Å². The lowest BCUT2D eigenvalue weighted by Gasteiger charge is -2.01. The van der Waals surface area contributed by atoms with Crippen molar-refractivity contribution >= 4 is 17.7 Å². The normalized spacial score (nSPS) is 13.5. The fraction of sp³-hybridized carbons (Fsp3) is 0.273. The molecular weight excluding hydrogens is 182 g/mol. The van der Waals surface area contributed by atoms with Gasteiger partial charge in [0.15, 0.2) is 0 Å². The van der Waals surface area contributed by atoms with Gasteiger partial charge in [0.1, 0.15) is 0 Å². The number of likely N-dealkylation sites (N-methyl/N-ethyl adjacent to an activating group) is 1. The molecule has 1 aromatic carbocycles. The molecule has 1 nitrogen and oxygen atoms in total. The van der Waals surface area contributed by atoms with Gasteiger partial charge in [-0.3, -0.25) is 0 Å². The monoisotopic (exact) mass is 195 g/mol. The highest BCUT2D eigenvalue weighted by molar-refractivity contribution is 6.30. The minimum atomic E-state index is 0.399. The molecule has 0 aromatic heterocycles. The molecule has 0 amide bonds. The molecule has 0 heterocycles. The average Bonchev–Trinajstić information content (AvgIpc) is 2.16. The van der Waals surface area contributed by atoms with E-state index in [4.69, 9.17) is 11.6 Å². The molecule has 0 fully saturated rings. The average molecular weight is 196 g/mol. The van der Waals surface area contributed by atoms with Crippen molar-refractivity contribution in [1.29, 1.82) is 0 Å². The summed E-state index contributed by atoms with van der Waals surface area (Å²) in [5, 5.41) is 3.91. The molecular formula is C11H14ClN. The van der Waals surface area contributed by atoms with E-state index in [2.05, 4.69) is 24.4 Å². The summed E-state index contributed by atoms with van der Waals surface area (Å²) < 4.78 is 0. The van der Waals surface area contributed by atoms with Gasteiger partial charge in [-0.1, -0.05) is 35.9 Å². The minimum Gasteiger partial charge on any atom is -0.314 e. The Kier molecular flexibility index (Phi) is 4.00. The van der Waals surface area contributed by atoms with E-state index < -0.39 is 0 Å². The third-order valence-corrected chi connectivity index (χ3v) is 2.15. The summed E-state index contributed by atoms with van der Waals surface area (Å²) in [4.78, 5) is 0. The zero-order valence-electron chi connectivity index (χ0n) is 7.92. The highest BCUT2D eigenvalue weighted by Crippen LogP contribution is 2.10. The molecule has 70 valence electrons. The molecule has 0 unspecified atom stereocenters. The summed E-state index contributed by atoms with van der Waals surface area (Å²) in [5.74, 6) is 0. The largest absolute Gasteiger partial charge is 0.314 e. The smallest absolute Gasteiger partial charge is 0.0406 e. The van der Waals surface area contributed by atoms with Gasteiger partial charge in [0.2, 0.25) is 0 Å². The molecule has 2 heteroatoms. The Morgan fingerprint density at radius 3 is 2.46 bits per heavy atom. The Balaban J connectivity index is 2.64. The van der Waals surface area contributed by atoms with E-state index in [0.29, 0.717) is 6.04 Å². The van der Waals surface area contributed by atoms with Crippen molar-refractivity contribution in [2.24, 2.45) is 0 Å². The SMILES string of the molecule is CN[C@H](C)/C=C/c1ccc(Cl)cc1. The Labute approximate surface area is 84.4 Å². The second kappa shape index (κ2) is 5.05. The molecule has 0 saturated heterocycles. The lowest BCUT2D eigenvalue weighted by molar-refractivity contribution is 0.731. The van der Waals surface area contributed by atoms with Gasteiger partial charge in [-0.15, -0.1) is 0 Å². The van der Waals surface area contributed by atoms with E-state index in [0.717, 1.165) is 5.02 Å². The van der Waals surface area contributed by atoms with Crippen LogP contribution >= 0.6 is 11.6 Å². The first-order chi connectivity index (χ1) is 6.22. The molecule has 0 bridgehead atoms. The summed E-state index contributed by atoms with van der Waals surface area (Å²) in [7, 11) is 1.94. The van der Waals surface area contributed by atoms with Crippen molar-refractivity contribution in [2.75, 3.05) is 7.05 Å². The van der Waals surface area contributed by atoms with E-state index in [1.165, 1.54) is 5.56 Å². The molecule has 1 N–H and O–H groups in total. The molecule has 0 saturated carbocycles. The second-order valence-electron chi connectivity index (χ2n) is 2.99. The number of hydrogen-bond acceptors (Lipinski definition) is 1. The van der Waals surface area contributed by atoms with E-state index in [1.54, 1.807) is 0 Å². The number of nitrogens with one attached hydrogen (secondary N) is 1. The van der Waals surface area contributed by atoms with Crippen LogP contribution in [0.2, 0.25) is 5.02 Å². The number of hydrogen-bond donors (Lipinski definition) is 1. The Morgan fingerprint density at radius 2 is 1.92 bits per heavy atom. The molecule has 0 spiro atoms. The standard InChI is InChI=1S/C11H14ClN/c1-9(13-2)3-4-10-5-7-11(12)8-6-10/h3-9,13H,1-2H3/b4-3+/t9-/m1/s1. The molecule has 0 aliphatic rings. The summed E-state index contributed by atoms with van der Waals surface area (Å²) in [6.45, 7) is 2.10. The maximum atomic E-state index is 5.77. The maximum Gasteiger partial charge on any atom is 0.0406 e. The molecule has 13 heavy (non-hydrogen) atoms. The van der Waals surface area contributed by atoms with E-state index in [1.807, 2.05) is 31.3 Å². The highest BCUT2D eigenvalue weighted by atomic mass is 35.5. The van der Waals surface area contributed by atoms with Gasteiger partial charge in [0.05, 0.1) is 0 Å². The summed E-state index contributed by atoms with van der Waals surface area (Å²) in [6, 6.07) is 8.19. The first-order valence-electron chi connectivity index (χ1n) is 4.33. The topological polar surface area (TPSA) is 12.0 Å². The molecule has 0 aliphatic carbocycles. The lowest BCUT2D eigenvalue weighted by Crippen LogP contribution is -2.17. The molecule has 1 aromatic rings. The predicted octanol–water partition coefficient (Wildman–Crippen LogP) is 2.96. The summed E-state index contributed by atoms with van der Waals surface area (Å²) in [6.07, 6.45) is 4.20. The summed E-state index contributed by atoms with van der Waals surface area (Å²) >= 11 is 5.77. The van der Waals surface area contributed by atoms with Crippen LogP contribution in [0, 0.1) is 0 Å². The first kappa shape index (κ1) is 10.3. The van der Waals surface area contributed by atoms with Crippen LogP contribution in [0.4, 0.5) is 0 Å². The van der Waals surface area contributed by atoms with Gasteiger partial charge in [-0.25, -0.2) is 0 Å². The van der Waals surface area contributed by atoms with Crippen molar-refractivity contribution in [3.8, 4) is 0 Å². The predicted molar refractivity (Wildman–Crippen MR) is 59.0 cm³/mol. The number of halogens is 1. The van der Waals surface area contributed by atoms with E-state index >= 15 is 0 Å². The van der Waals surface area contributed by atoms with Crippen LogP contribution in [-0.4, -0.2) is 13.1 Å². The van der Waals surface area contributed by atoms with Crippen molar-refractivity contribution in [2.45, 2.75) is 13.0 Å². The molecule has 1 atom stereocenters. The Morgan fingerprint density at radius 1 is 1.31 bits per heavy atom. The van der Waals surface area contributed by atoms with Crippen LogP contribution in [0.5, 0.6) is 0 Å². The Hall–Kier alpha value is -0.790. The van der Waals surface area contributed by atoms with E-state index in [-0.39, 0.29) is 0 Å². The zero-order chi connectivity index (χ0) is 9.68. The van der Waals surface area contributed by atoms with Crippen LogP contribution in [0.3, 0.4) is 0 Å². The number of rotatable bonds is 3. The summed E-state index contributed by atoms with van der Waals surface area (Å²) in [5.41, 5.74) is 1.17. The minimum absolute atomic E-state index is 0.399. The van der Waals surface area contributed by atoms with Crippen molar-refractivity contribution in [1.82, 2.24) is 5.32 Å². The van der Waals surface area contributed by atoms with Gasteiger partial charge in [-0.2, -0.15) is 0 Å². The van der Waals surface area contributed by atoms with Gasteiger partial charge in [0.25, 0.3) is 0 Å². The zero-order valence-corrected chi connectivity index (χ0v) is 8.68. The van der Waals surface area contributed by atoms with Crippen LogP contribution in [0.15, 0.2) is 30.3 Å². The van der Waals surface area contributed by atoms with Crippen molar-refractivity contribution in [3.05, 3.63) is 40.9 Å². The van der Waals surface area contributed by atoms with Gasteiger partial charge in [-0.05, 0) is 31.7 Å². The second-order valence-corrected chi connectivity index (χ2v) is 3.42. The maximum absolute atomic E-state index is 5.77. The highest BCUT2D eigenvalue weighted by Gasteiger charge is 1.90. The van der Waals surface area contributed by atoms with Crippen molar-refractivity contribution < 1.29 is 0 Å². The third kappa shape index (κ3) is 3.62. The third-order valence-electron chi connectivity index (χ3n) is 1.90. The number of benzene rings is 1. The van der Waals surface area contributed by atoms with Crippen LogP contribution in [-0.2, 0) is 0 Å². The van der Waals surface area contributed by atoms with Gasteiger partial charge in [0, 0.05) is 11.1 Å². The fourth-order valence-corrected chi connectivity index (χ4v) is 1.05. The molecule has 0 radical (unpaired) electrons. The molecule has 0 aliphatic heterocycles. The van der Waals surface area contributed by atoms with Gasteiger partial charge >= 0.3 is 0 Å². The fourth-order valence-electron chi connectivity index (χ4n) is 0.926. The molecule has 1 rings (SSSR count).